The van der Waals surface area contributed by atoms with Gasteiger partial charge in [0, 0.05) is 6.61 Å². The van der Waals surface area contributed by atoms with Crippen molar-refractivity contribution >= 4 is 0 Å². The maximum atomic E-state index is 10.2. The Labute approximate surface area is 115 Å². The molecule has 1 heterocycles. The Morgan fingerprint density at radius 1 is 1.47 bits per heavy atom. The Kier molecular flexibility index (Phi) is 5.23. The summed E-state index contributed by atoms with van der Waals surface area (Å²) in [6.45, 7) is 2.91. The molecular formula is C16H24O3. The Bertz CT molecular complexity index is 397. The first kappa shape index (κ1) is 14.4. The highest BCUT2D eigenvalue weighted by Crippen LogP contribution is 2.26. The van der Waals surface area contributed by atoms with Crippen LogP contribution >= 0.6 is 0 Å². The van der Waals surface area contributed by atoms with Crippen molar-refractivity contribution < 1.29 is 14.6 Å². The predicted octanol–water partition coefficient (Wildman–Crippen LogP) is 3.39. The first-order valence-corrected chi connectivity index (χ1v) is 7.15. The van der Waals surface area contributed by atoms with E-state index in [1.807, 2.05) is 25.1 Å². The summed E-state index contributed by atoms with van der Waals surface area (Å²) < 4.78 is 10.8. The van der Waals surface area contributed by atoms with Crippen molar-refractivity contribution in [3.63, 3.8) is 0 Å². The van der Waals surface area contributed by atoms with Gasteiger partial charge in [-0.25, -0.2) is 0 Å². The van der Waals surface area contributed by atoms with Gasteiger partial charge in [0.05, 0.1) is 19.3 Å². The topological polar surface area (TPSA) is 38.7 Å². The van der Waals surface area contributed by atoms with Crippen LogP contribution in [0.2, 0.25) is 0 Å². The SMILES string of the molecule is COc1ccc(C(O)CCCC2CCCO2)cc1C. The molecule has 3 nitrogen and oxygen atoms in total. The third-order valence-electron chi connectivity index (χ3n) is 3.83. The lowest BCUT2D eigenvalue weighted by atomic mass is 10.00. The van der Waals surface area contributed by atoms with Crippen LogP contribution < -0.4 is 4.74 Å². The van der Waals surface area contributed by atoms with E-state index >= 15 is 0 Å². The van der Waals surface area contributed by atoms with Gasteiger partial charge in [-0.1, -0.05) is 6.07 Å². The fourth-order valence-corrected chi connectivity index (χ4v) is 2.69. The number of aliphatic hydroxyl groups excluding tert-OH is 1. The van der Waals surface area contributed by atoms with Gasteiger partial charge in [0.1, 0.15) is 5.75 Å². The van der Waals surface area contributed by atoms with E-state index in [0.29, 0.717) is 6.10 Å². The van der Waals surface area contributed by atoms with Crippen LogP contribution in [0.15, 0.2) is 18.2 Å². The van der Waals surface area contributed by atoms with E-state index in [2.05, 4.69) is 0 Å². The average Bonchev–Trinajstić information content (AvgIpc) is 2.91. The monoisotopic (exact) mass is 264 g/mol. The molecule has 19 heavy (non-hydrogen) atoms. The number of rotatable bonds is 6. The van der Waals surface area contributed by atoms with Crippen LogP contribution in [-0.4, -0.2) is 24.9 Å². The third-order valence-corrected chi connectivity index (χ3v) is 3.83. The smallest absolute Gasteiger partial charge is 0.121 e. The van der Waals surface area contributed by atoms with Gasteiger partial charge in [-0.05, 0) is 62.3 Å². The average molecular weight is 264 g/mol. The van der Waals surface area contributed by atoms with Crippen LogP contribution in [0.3, 0.4) is 0 Å². The van der Waals surface area contributed by atoms with Crippen molar-refractivity contribution in [2.24, 2.45) is 0 Å². The molecule has 0 amide bonds. The molecule has 0 saturated carbocycles. The Morgan fingerprint density at radius 2 is 2.32 bits per heavy atom. The van der Waals surface area contributed by atoms with Crippen LogP contribution in [0.25, 0.3) is 0 Å². The standard InChI is InChI=1S/C16H24O3/c1-12-11-13(8-9-16(12)18-2)15(17)7-3-5-14-6-4-10-19-14/h8-9,11,14-15,17H,3-7,10H2,1-2H3. The molecule has 1 aliphatic heterocycles. The summed E-state index contributed by atoms with van der Waals surface area (Å²) in [5.41, 5.74) is 2.05. The molecule has 3 heteroatoms. The molecule has 1 aliphatic rings. The number of aliphatic hydroxyl groups is 1. The maximum absolute atomic E-state index is 10.2. The van der Waals surface area contributed by atoms with Crippen molar-refractivity contribution in [2.75, 3.05) is 13.7 Å². The van der Waals surface area contributed by atoms with Gasteiger partial charge in [-0.3, -0.25) is 0 Å². The molecule has 0 aromatic heterocycles. The first-order chi connectivity index (χ1) is 9.20. The highest BCUT2D eigenvalue weighted by molar-refractivity contribution is 5.36. The van der Waals surface area contributed by atoms with Crippen LogP contribution in [-0.2, 0) is 4.74 Å². The van der Waals surface area contributed by atoms with Gasteiger partial charge in [-0.2, -0.15) is 0 Å². The molecule has 0 aliphatic carbocycles. The number of ether oxygens (including phenoxy) is 2. The second-order valence-corrected chi connectivity index (χ2v) is 5.31. The summed E-state index contributed by atoms with van der Waals surface area (Å²) in [7, 11) is 1.67. The molecule has 1 N–H and O–H groups in total. The summed E-state index contributed by atoms with van der Waals surface area (Å²) in [6, 6.07) is 5.88. The fraction of sp³-hybridized carbons (Fsp3) is 0.625. The van der Waals surface area contributed by atoms with Crippen molar-refractivity contribution in [3.8, 4) is 5.75 Å². The lowest BCUT2D eigenvalue weighted by Gasteiger charge is -2.14. The maximum Gasteiger partial charge on any atom is 0.121 e. The zero-order valence-electron chi connectivity index (χ0n) is 11.9. The minimum absolute atomic E-state index is 0.383. The summed E-state index contributed by atoms with van der Waals surface area (Å²) in [6.07, 6.45) is 5.27. The minimum Gasteiger partial charge on any atom is -0.496 e. The number of aryl methyl sites for hydroxylation is 1. The molecule has 0 bridgehead atoms. The second-order valence-electron chi connectivity index (χ2n) is 5.31. The molecule has 1 aromatic rings. The second kappa shape index (κ2) is 6.92. The fourth-order valence-electron chi connectivity index (χ4n) is 2.69. The summed E-state index contributed by atoms with van der Waals surface area (Å²) in [4.78, 5) is 0. The first-order valence-electron chi connectivity index (χ1n) is 7.15. The molecule has 2 atom stereocenters. The third kappa shape index (κ3) is 3.95. The largest absolute Gasteiger partial charge is 0.496 e. The highest BCUT2D eigenvalue weighted by Gasteiger charge is 2.16. The predicted molar refractivity (Wildman–Crippen MR) is 75.5 cm³/mol. The van der Waals surface area contributed by atoms with Crippen LogP contribution in [0.1, 0.15) is 49.3 Å². The Balaban J connectivity index is 1.81. The molecule has 2 unspecified atom stereocenters. The molecule has 1 fully saturated rings. The number of benzene rings is 1. The summed E-state index contributed by atoms with van der Waals surface area (Å²) >= 11 is 0. The highest BCUT2D eigenvalue weighted by atomic mass is 16.5. The Hall–Kier alpha value is -1.06. The number of methoxy groups -OCH3 is 1. The van der Waals surface area contributed by atoms with E-state index in [-0.39, 0.29) is 6.10 Å². The van der Waals surface area contributed by atoms with E-state index in [4.69, 9.17) is 9.47 Å². The van der Waals surface area contributed by atoms with E-state index in [9.17, 15) is 5.11 Å². The van der Waals surface area contributed by atoms with Gasteiger partial charge in [0.25, 0.3) is 0 Å². The number of hydrogen-bond acceptors (Lipinski definition) is 3. The minimum atomic E-state index is -0.383. The van der Waals surface area contributed by atoms with Gasteiger partial charge < -0.3 is 14.6 Å². The van der Waals surface area contributed by atoms with Crippen molar-refractivity contribution in [1.82, 2.24) is 0 Å². The molecule has 0 radical (unpaired) electrons. The van der Waals surface area contributed by atoms with Gasteiger partial charge in [0.15, 0.2) is 0 Å². The summed E-state index contributed by atoms with van der Waals surface area (Å²) in [5.74, 6) is 0.871. The zero-order valence-corrected chi connectivity index (χ0v) is 11.9. The Morgan fingerprint density at radius 3 is 2.95 bits per heavy atom. The molecule has 2 rings (SSSR count). The normalized spacial score (nSPS) is 20.5. The van der Waals surface area contributed by atoms with E-state index in [0.717, 1.165) is 42.7 Å². The molecule has 1 aromatic carbocycles. The number of hydrogen-bond donors (Lipinski definition) is 1. The van der Waals surface area contributed by atoms with Crippen molar-refractivity contribution in [2.45, 2.75) is 51.2 Å². The quantitative estimate of drug-likeness (QED) is 0.856. The van der Waals surface area contributed by atoms with E-state index < -0.39 is 0 Å². The lowest BCUT2D eigenvalue weighted by molar-refractivity contribution is 0.0944. The molecule has 106 valence electrons. The van der Waals surface area contributed by atoms with Gasteiger partial charge in [0.2, 0.25) is 0 Å². The van der Waals surface area contributed by atoms with Gasteiger partial charge >= 0.3 is 0 Å². The van der Waals surface area contributed by atoms with Crippen molar-refractivity contribution in [1.29, 1.82) is 0 Å². The zero-order chi connectivity index (χ0) is 13.7. The molecular weight excluding hydrogens is 240 g/mol. The molecule has 0 spiro atoms. The molecule has 1 saturated heterocycles. The van der Waals surface area contributed by atoms with Crippen LogP contribution in [0, 0.1) is 6.92 Å². The lowest BCUT2D eigenvalue weighted by Crippen LogP contribution is -2.06. The van der Waals surface area contributed by atoms with Crippen LogP contribution in [0.4, 0.5) is 0 Å². The van der Waals surface area contributed by atoms with Crippen molar-refractivity contribution in [3.05, 3.63) is 29.3 Å². The van der Waals surface area contributed by atoms with Crippen LogP contribution in [0.5, 0.6) is 5.75 Å². The van der Waals surface area contributed by atoms with E-state index in [1.165, 1.54) is 12.8 Å². The van der Waals surface area contributed by atoms with Gasteiger partial charge in [-0.15, -0.1) is 0 Å². The summed E-state index contributed by atoms with van der Waals surface area (Å²) in [5, 5.41) is 10.2. The van der Waals surface area contributed by atoms with E-state index in [1.54, 1.807) is 7.11 Å².